The first-order valence-electron chi connectivity index (χ1n) is 9.48. The van der Waals surface area contributed by atoms with Gasteiger partial charge < -0.3 is 9.30 Å². The van der Waals surface area contributed by atoms with E-state index in [0.717, 1.165) is 27.4 Å². The number of ketones is 1. The summed E-state index contributed by atoms with van der Waals surface area (Å²) in [5, 5.41) is 9.21. The summed E-state index contributed by atoms with van der Waals surface area (Å²) in [4.78, 5) is 16.9. The monoisotopic (exact) mass is 474 g/mol. The van der Waals surface area contributed by atoms with E-state index in [4.69, 9.17) is 4.74 Å². The minimum absolute atomic E-state index is 0.0665. The van der Waals surface area contributed by atoms with Gasteiger partial charge in [-0.1, -0.05) is 39.8 Å². The molecule has 2 heterocycles. The maximum atomic E-state index is 12.8. The lowest BCUT2D eigenvalue weighted by Gasteiger charge is -2.13. The molecule has 0 bridgehead atoms. The third-order valence-electron chi connectivity index (χ3n) is 4.31. The van der Waals surface area contributed by atoms with Crippen LogP contribution in [0.3, 0.4) is 0 Å². The number of carbonyl (C=O) groups is 1. The molecule has 0 fully saturated rings. The lowest BCUT2D eigenvalue weighted by Crippen LogP contribution is -2.15. The van der Waals surface area contributed by atoms with E-state index in [1.165, 1.54) is 11.8 Å². The Balaban J connectivity index is 1.80. The molecule has 8 heteroatoms. The highest BCUT2D eigenvalue weighted by Crippen LogP contribution is 2.28. The third kappa shape index (κ3) is 5.74. The van der Waals surface area contributed by atoms with Crippen LogP contribution in [-0.4, -0.2) is 44.0 Å². The molecule has 0 saturated carbocycles. The highest BCUT2D eigenvalue weighted by molar-refractivity contribution is 9.10. The van der Waals surface area contributed by atoms with Gasteiger partial charge in [-0.15, -0.1) is 10.2 Å². The molecule has 0 radical (unpaired) electrons. The van der Waals surface area contributed by atoms with Crippen LogP contribution in [0.5, 0.6) is 0 Å². The minimum atomic E-state index is -0.281. The van der Waals surface area contributed by atoms with Crippen LogP contribution >= 0.6 is 27.7 Å². The van der Waals surface area contributed by atoms with Crippen molar-refractivity contribution in [1.29, 1.82) is 0 Å². The fourth-order valence-electron chi connectivity index (χ4n) is 2.82. The summed E-state index contributed by atoms with van der Waals surface area (Å²) in [6.45, 7) is 5.96. The highest BCUT2D eigenvalue weighted by Gasteiger charge is 2.21. The van der Waals surface area contributed by atoms with Crippen molar-refractivity contribution < 1.29 is 9.53 Å². The molecule has 0 aliphatic heterocycles. The smallest absolute Gasteiger partial charge is 0.192 e. The Kier molecular flexibility index (Phi) is 7.97. The fraction of sp³-hybridized carbons (Fsp3) is 0.333. The SMILES string of the molecule is CCOCCCn1c(S[C@@H](C)C(=O)c2ccc(Br)cc2)nnc1-c1ccncc1. The largest absolute Gasteiger partial charge is 0.382 e. The molecule has 0 aliphatic rings. The molecule has 0 spiro atoms. The lowest BCUT2D eigenvalue weighted by molar-refractivity contribution is 0.0993. The first-order valence-corrected chi connectivity index (χ1v) is 11.1. The normalized spacial score (nSPS) is 12.1. The van der Waals surface area contributed by atoms with Gasteiger partial charge in [-0.25, -0.2) is 0 Å². The number of hydrogen-bond acceptors (Lipinski definition) is 6. The second-order valence-electron chi connectivity index (χ2n) is 6.38. The van der Waals surface area contributed by atoms with Crippen molar-refractivity contribution in [2.24, 2.45) is 0 Å². The van der Waals surface area contributed by atoms with Crippen molar-refractivity contribution in [1.82, 2.24) is 19.7 Å². The van der Waals surface area contributed by atoms with E-state index < -0.39 is 0 Å². The average molecular weight is 475 g/mol. The van der Waals surface area contributed by atoms with Gasteiger partial charge in [-0.2, -0.15) is 0 Å². The van der Waals surface area contributed by atoms with Crippen LogP contribution < -0.4 is 0 Å². The number of pyridine rings is 1. The maximum absolute atomic E-state index is 12.8. The van der Waals surface area contributed by atoms with Gasteiger partial charge in [0.25, 0.3) is 0 Å². The van der Waals surface area contributed by atoms with Gasteiger partial charge in [-0.3, -0.25) is 9.78 Å². The Labute approximate surface area is 183 Å². The zero-order valence-corrected chi connectivity index (χ0v) is 18.8. The average Bonchev–Trinajstić information content (AvgIpc) is 3.14. The second-order valence-corrected chi connectivity index (χ2v) is 8.60. The molecule has 6 nitrogen and oxygen atoms in total. The number of nitrogens with zero attached hydrogens (tertiary/aromatic N) is 4. The van der Waals surface area contributed by atoms with E-state index in [-0.39, 0.29) is 11.0 Å². The van der Waals surface area contributed by atoms with E-state index in [0.29, 0.717) is 25.3 Å². The first-order chi connectivity index (χ1) is 14.1. The number of benzene rings is 1. The molecule has 3 aromatic rings. The predicted octanol–water partition coefficient (Wildman–Crippen LogP) is 4.89. The summed E-state index contributed by atoms with van der Waals surface area (Å²) >= 11 is 4.83. The van der Waals surface area contributed by atoms with Gasteiger partial charge in [0, 0.05) is 47.8 Å². The molecule has 2 aromatic heterocycles. The third-order valence-corrected chi connectivity index (χ3v) is 5.92. The van der Waals surface area contributed by atoms with Crippen molar-refractivity contribution in [2.75, 3.05) is 13.2 Å². The fourth-order valence-corrected chi connectivity index (χ4v) is 4.04. The Bertz CT molecular complexity index is 932. The molecule has 1 aromatic carbocycles. The number of thioether (sulfide) groups is 1. The molecule has 0 amide bonds. The van der Waals surface area contributed by atoms with E-state index in [2.05, 4.69) is 35.7 Å². The molecule has 152 valence electrons. The van der Waals surface area contributed by atoms with Crippen LogP contribution in [0, 0.1) is 0 Å². The van der Waals surface area contributed by atoms with Crippen LogP contribution in [0.1, 0.15) is 30.6 Å². The lowest BCUT2D eigenvalue weighted by atomic mass is 10.1. The second kappa shape index (κ2) is 10.7. The summed E-state index contributed by atoms with van der Waals surface area (Å²) in [6.07, 6.45) is 4.31. The van der Waals surface area contributed by atoms with Crippen molar-refractivity contribution >= 4 is 33.5 Å². The van der Waals surface area contributed by atoms with Gasteiger partial charge in [0.2, 0.25) is 0 Å². The zero-order chi connectivity index (χ0) is 20.6. The van der Waals surface area contributed by atoms with Crippen LogP contribution in [0.4, 0.5) is 0 Å². The van der Waals surface area contributed by atoms with Gasteiger partial charge >= 0.3 is 0 Å². The van der Waals surface area contributed by atoms with E-state index in [1.807, 2.05) is 50.2 Å². The van der Waals surface area contributed by atoms with E-state index >= 15 is 0 Å². The summed E-state index contributed by atoms with van der Waals surface area (Å²) in [5.41, 5.74) is 1.63. The van der Waals surface area contributed by atoms with Crippen LogP contribution in [0.2, 0.25) is 0 Å². The molecule has 1 atom stereocenters. The van der Waals surface area contributed by atoms with Crippen molar-refractivity contribution in [3.63, 3.8) is 0 Å². The summed E-state index contributed by atoms with van der Waals surface area (Å²) < 4.78 is 8.48. The molecule has 3 rings (SSSR count). The summed E-state index contributed by atoms with van der Waals surface area (Å²) in [6, 6.07) is 11.2. The molecular formula is C21H23BrN4O2S. The maximum Gasteiger partial charge on any atom is 0.192 e. The van der Waals surface area contributed by atoms with Crippen LogP contribution in [-0.2, 0) is 11.3 Å². The number of Topliss-reactive ketones (excluding diaryl/α,β-unsaturated/α-hetero) is 1. The number of ether oxygens (including phenoxy) is 1. The molecule has 0 N–H and O–H groups in total. The number of carbonyl (C=O) groups excluding carboxylic acids is 1. The number of halogens is 1. The van der Waals surface area contributed by atoms with Crippen molar-refractivity contribution in [3.8, 4) is 11.4 Å². The summed E-state index contributed by atoms with van der Waals surface area (Å²) in [7, 11) is 0. The minimum Gasteiger partial charge on any atom is -0.382 e. The van der Waals surface area contributed by atoms with E-state index in [1.54, 1.807) is 12.4 Å². The Hall–Kier alpha value is -2.03. The first kappa shape index (κ1) is 21.7. The van der Waals surface area contributed by atoms with Crippen molar-refractivity contribution in [3.05, 3.63) is 58.8 Å². The molecular weight excluding hydrogens is 452 g/mol. The van der Waals surface area contributed by atoms with Gasteiger partial charge in [0.15, 0.2) is 16.8 Å². The van der Waals surface area contributed by atoms with Gasteiger partial charge in [0.1, 0.15) is 0 Å². The summed E-state index contributed by atoms with van der Waals surface area (Å²) in [5.74, 6) is 0.839. The standard InChI is InChI=1S/C21H23BrN4O2S/c1-3-28-14-4-13-26-20(17-9-11-23-12-10-17)24-25-21(26)29-15(2)19(27)16-5-7-18(22)8-6-16/h5-12,15H,3-4,13-14H2,1-2H3/t15-/m0/s1. The van der Waals surface area contributed by atoms with Crippen LogP contribution in [0.25, 0.3) is 11.4 Å². The van der Waals surface area contributed by atoms with Gasteiger partial charge in [-0.05, 0) is 44.5 Å². The zero-order valence-electron chi connectivity index (χ0n) is 16.4. The number of hydrogen-bond donors (Lipinski definition) is 0. The molecule has 0 unspecified atom stereocenters. The Morgan fingerprint density at radius 1 is 1.17 bits per heavy atom. The predicted molar refractivity (Wildman–Crippen MR) is 118 cm³/mol. The number of aromatic nitrogens is 4. The molecule has 29 heavy (non-hydrogen) atoms. The molecule has 0 aliphatic carbocycles. The van der Waals surface area contributed by atoms with E-state index in [9.17, 15) is 4.79 Å². The Morgan fingerprint density at radius 2 is 1.90 bits per heavy atom. The number of rotatable bonds is 10. The van der Waals surface area contributed by atoms with Crippen LogP contribution in [0.15, 0.2) is 58.4 Å². The topological polar surface area (TPSA) is 69.9 Å². The van der Waals surface area contributed by atoms with Gasteiger partial charge in [0.05, 0.1) is 5.25 Å². The quantitative estimate of drug-likeness (QED) is 0.236. The van der Waals surface area contributed by atoms with Crippen molar-refractivity contribution in [2.45, 2.75) is 37.2 Å². The Morgan fingerprint density at radius 3 is 2.59 bits per heavy atom. The highest BCUT2D eigenvalue weighted by atomic mass is 79.9. The molecule has 0 saturated heterocycles.